The number of aliphatic hydroxyl groups excluding tert-OH is 1. The van der Waals surface area contributed by atoms with E-state index < -0.39 is 12.0 Å². The molecule has 1 aromatic heterocycles. The Bertz CT molecular complexity index is 587. The molecule has 0 aliphatic carbocycles. The maximum atomic E-state index is 12.4. The number of piperazine rings is 1. The van der Waals surface area contributed by atoms with Crippen LogP contribution in [0.3, 0.4) is 0 Å². The summed E-state index contributed by atoms with van der Waals surface area (Å²) in [5.74, 6) is -0.713. The first kappa shape index (κ1) is 18.4. The van der Waals surface area contributed by atoms with Gasteiger partial charge in [0.05, 0.1) is 11.7 Å². The summed E-state index contributed by atoms with van der Waals surface area (Å²) in [7, 11) is 0. The van der Waals surface area contributed by atoms with Crippen LogP contribution in [0.25, 0.3) is 0 Å². The van der Waals surface area contributed by atoms with E-state index in [1.807, 2.05) is 20.8 Å². The molecule has 7 nitrogen and oxygen atoms in total. The van der Waals surface area contributed by atoms with Crippen LogP contribution in [0.1, 0.15) is 41.6 Å². The lowest BCUT2D eigenvalue weighted by molar-refractivity contribution is 0.0136. The average Bonchev–Trinajstić information content (AvgIpc) is 2.54. The highest BCUT2D eigenvalue weighted by molar-refractivity contribution is 5.95. The molecule has 1 aliphatic heterocycles. The van der Waals surface area contributed by atoms with Crippen LogP contribution in [0.5, 0.6) is 0 Å². The minimum absolute atomic E-state index is 0.151. The number of carbonyl (C=O) groups excluding carboxylic acids is 2. The summed E-state index contributed by atoms with van der Waals surface area (Å²) in [5.41, 5.74) is 5.61. The van der Waals surface area contributed by atoms with Gasteiger partial charge in [-0.3, -0.25) is 19.5 Å². The van der Waals surface area contributed by atoms with Crippen molar-refractivity contribution in [1.29, 1.82) is 0 Å². The molecule has 1 saturated heterocycles. The van der Waals surface area contributed by atoms with Crippen molar-refractivity contribution in [2.75, 3.05) is 32.7 Å². The number of carbonyl (C=O) groups is 2. The molecule has 2 amide bonds. The van der Waals surface area contributed by atoms with E-state index in [2.05, 4.69) is 9.88 Å². The minimum atomic E-state index is -0.562. The number of hydrogen-bond donors (Lipinski definition) is 2. The van der Waals surface area contributed by atoms with E-state index in [1.54, 1.807) is 4.90 Å². The van der Waals surface area contributed by atoms with Gasteiger partial charge in [0.15, 0.2) is 0 Å². The molecule has 2 heterocycles. The van der Waals surface area contributed by atoms with Gasteiger partial charge in [-0.1, -0.05) is 20.8 Å². The highest BCUT2D eigenvalue weighted by atomic mass is 16.3. The maximum absolute atomic E-state index is 12.4. The maximum Gasteiger partial charge on any atom is 0.272 e. The van der Waals surface area contributed by atoms with Crippen LogP contribution in [0.15, 0.2) is 18.3 Å². The van der Waals surface area contributed by atoms with Gasteiger partial charge in [0.25, 0.3) is 5.91 Å². The largest absolute Gasteiger partial charge is 0.391 e. The van der Waals surface area contributed by atoms with Crippen molar-refractivity contribution in [2.24, 2.45) is 11.1 Å². The highest BCUT2D eigenvalue weighted by Gasteiger charge is 2.28. The Labute approximate surface area is 142 Å². The fourth-order valence-electron chi connectivity index (χ4n) is 2.48. The molecule has 0 spiro atoms. The van der Waals surface area contributed by atoms with Crippen molar-refractivity contribution in [3.8, 4) is 0 Å². The van der Waals surface area contributed by atoms with Crippen molar-refractivity contribution >= 4 is 11.8 Å². The van der Waals surface area contributed by atoms with Gasteiger partial charge in [-0.15, -0.1) is 0 Å². The van der Waals surface area contributed by atoms with E-state index in [0.717, 1.165) is 13.1 Å². The van der Waals surface area contributed by atoms with Crippen molar-refractivity contribution in [1.82, 2.24) is 14.8 Å². The predicted molar refractivity (Wildman–Crippen MR) is 90.6 cm³/mol. The number of hydrogen-bond acceptors (Lipinski definition) is 5. The van der Waals surface area contributed by atoms with E-state index in [0.29, 0.717) is 25.3 Å². The Kier molecular flexibility index (Phi) is 5.56. The third-order valence-electron chi connectivity index (χ3n) is 4.36. The first-order valence-corrected chi connectivity index (χ1v) is 8.14. The van der Waals surface area contributed by atoms with Crippen molar-refractivity contribution in [3.63, 3.8) is 0 Å². The zero-order valence-corrected chi connectivity index (χ0v) is 14.5. The van der Waals surface area contributed by atoms with Crippen LogP contribution in [-0.4, -0.2) is 70.5 Å². The Morgan fingerprint density at radius 1 is 1.25 bits per heavy atom. The fourth-order valence-corrected chi connectivity index (χ4v) is 2.48. The monoisotopic (exact) mass is 334 g/mol. The third-order valence-corrected chi connectivity index (χ3v) is 4.36. The summed E-state index contributed by atoms with van der Waals surface area (Å²) in [6.45, 7) is 9.27. The fraction of sp³-hybridized carbons (Fsp3) is 0.588. The molecule has 1 fully saturated rings. The molecule has 2 rings (SSSR count). The van der Waals surface area contributed by atoms with Crippen LogP contribution in [0, 0.1) is 5.41 Å². The topological polar surface area (TPSA) is 99.8 Å². The van der Waals surface area contributed by atoms with Crippen molar-refractivity contribution < 1.29 is 14.7 Å². The molecule has 1 aromatic rings. The van der Waals surface area contributed by atoms with Gasteiger partial charge in [0.1, 0.15) is 5.69 Å². The Balaban J connectivity index is 1.89. The second-order valence-corrected chi connectivity index (χ2v) is 7.27. The highest BCUT2D eigenvalue weighted by Crippen LogP contribution is 2.20. The average molecular weight is 334 g/mol. The van der Waals surface area contributed by atoms with Gasteiger partial charge in [-0.2, -0.15) is 0 Å². The van der Waals surface area contributed by atoms with Gasteiger partial charge in [-0.25, -0.2) is 0 Å². The number of amides is 2. The Morgan fingerprint density at radius 3 is 2.33 bits per heavy atom. The molecule has 1 atom stereocenters. The summed E-state index contributed by atoms with van der Waals surface area (Å²) >= 11 is 0. The molecule has 7 heteroatoms. The lowest BCUT2D eigenvalue weighted by atomic mass is 9.89. The first-order valence-electron chi connectivity index (χ1n) is 8.14. The number of rotatable bonds is 4. The van der Waals surface area contributed by atoms with E-state index in [9.17, 15) is 14.7 Å². The molecular weight excluding hydrogens is 308 g/mol. The predicted octanol–water partition coefficient (Wildman–Crippen LogP) is 0.345. The Morgan fingerprint density at radius 2 is 1.88 bits per heavy atom. The summed E-state index contributed by atoms with van der Waals surface area (Å²) < 4.78 is 0. The third kappa shape index (κ3) is 4.52. The van der Waals surface area contributed by atoms with Crippen LogP contribution < -0.4 is 5.73 Å². The van der Waals surface area contributed by atoms with Crippen LogP contribution >= 0.6 is 0 Å². The normalized spacial score (nSPS) is 17.6. The smallest absolute Gasteiger partial charge is 0.272 e. The number of primary amides is 1. The molecule has 24 heavy (non-hydrogen) atoms. The second-order valence-electron chi connectivity index (χ2n) is 7.27. The van der Waals surface area contributed by atoms with E-state index in [1.165, 1.54) is 18.3 Å². The lowest BCUT2D eigenvalue weighted by Gasteiger charge is -2.37. The molecule has 1 aliphatic rings. The number of nitrogens with two attached hydrogens (primary N) is 1. The SMILES string of the molecule is CC(C)(C)C(O)CN1CCN(C(=O)c2ccc(C(N)=O)cn2)CC1. The molecule has 0 saturated carbocycles. The van der Waals surface area contributed by atoms with Crippen molar-refractivity contribution in [2.45, 2.75) is 26.9 Å². The van der Waals surface area contributed by atoms with Gasteiger partial charge in [0, 0.05) is 38.9 Å². The standard InChI is InChI=1S/C17H26N4O3/c1-17(2,3)14(22)11-20-6-8-21(9-7-20)16(24)13-5-4-12(10-19-13)15(18)23/h4-5,10,14,22H,6-9,11H2,1-3H3,(H2,18,23). The number of aliphatic hydroxyl groups is 1. The molecule has 132 valence electrons. The van der Waals surface area contributed by atoms with Gasteiger partial charge < -0.3 is 15.7 Å². The zero-order chi connectivity index (χ0) is 17.9. The van der Waals surface area contributed by atoms with Crippen LogP contribution in [0.4, 0.5) is 0 Å². The summed E-state index contributed by atoms with van der Waals surface area (Å²) in [6.07, 6.45) is 0.925. The second kappa shape index (κ2) is 7.27. The zero-order valence-electron chi connectivity index (χ0n) is 14.5. The van der Waals surface area contributed by atoms with E-state index >= 15 is 0 Å². The molecule has 0 bridgehead atoms. The molecule has 1 unspecified atom stereocenters. The lowest BCUT2D eigenvalue weighted by Crippen LogP contribution is -2.51. The molecular formula is C17H26N4O3. The number of nitrogens with zero attached hydrogens (tertiary/aromatic N) is 3. The summed E-state index contributed by atoms with van der Waals surface area (Å²) in [4.78, 5) is 31.4. The number of pyridine rings is 1. The number of aromatic nitrogens is 1. The van der Waals surface area contributed by atoms with Crippen LogP contribution in [-0.2, 0) is 0 Å². The van der Waals surface area contributed by atoms with E-state index in [-0.39, 0.29) is 16.9 Å². The summed E-state index contributed by atoms with van der Waals surface area (Å²) in [5, 5.41) is 10.2. The minimum Gasteiger partial charge on any atom is -0.391 e. The Hall–Kier alpha value is -1.99. The van der Waals surface area contributed by atoms with E-state index in [4.69, 9.17) is 5.73 Å². The van der Waals surface area contributed by atoms with Gasteiger partial charge in [0.2, 0.25) is 5.91 Å². The first-order chi connectivity index (χ1) is 11.2. The van der Waals surface area contributed by atoms with Gasteiger partial charge in [-0.05, 0) is 17.5 Å². The molecule has 0 aromatic carbocycles. The summed E-state index contributed by atoms with van der Waals surface area (Å²) in [6, 6.07) is 3.04. The number of β-amino-alcohol motifs (C(OH)–C–C–N with tert-alkyl or cyclic N) is 1. The van der Waals surface area contributed by atoms with Gasteiger partial charge >= 0.3 is 0 Å². The van der Waals surface area contributed by atoms with Crippen LogP contribution in [0.2, 0.25) is 0 Å². The van der Waals surface area contributed by atoms with Crippen molar-refractivity contribution in [3.05, 3.63) is 29.6 Å². The molecule has 3 N–H and O–H groups in total. The quantitative estimate of drug-likeness (QED) is 0.827. The molecule has 0 radical (unpaired) electrons.